The fourth-order valence-electron chi connectivity index (χ4n) is 3.53. The Morgan fingerprint density at radius 3 is 2.65 bits per heavy atom. The Kier molecular flexibility index (Phi) is 5.37. The molecule has 0 saturated carbocycles. The van der Waals surface area contributed by atoms with Gasteiger partial charge >= 0.3 is 0 Å². The molecule has 9 nitrogen and oxygen atoms in total. The Balaban J connectivity index is 1.67. The molecule has 1 amide bonds. The van der Waals surface area contributed by atoms with Crippen LogP contribution in [0.3, 0.4) is 0 Å². The normalized spacial score (nSPS) is 10.7. The molecule has 2 N–H and O–H groups in total. The summed E-state index contributed by atoms with van der Waals surface area (Å²) in [6.45, 7) is 0. The second-order valence-electron chi connectivity index (χ2n) is 7.09. The zero-order chi connectivity index (χ0) is 23.7. The average molecular weight is 465 g/mol. The number of pyridine rings is 2. The first-order valence-corrected chi connectivity index (χ1v) is 10.8. The summed E-state index contributed by atoms with van der Waals surface area (Å²) in [5, 5.41) is 9.49. The van der Waals surface area contributed by atoms with Crippen LogP contribution in [0.2, 0.25) is 0 Å². The maximum Gasteiger partial charge on any atom is 0.249 e. The second-order valence-corrected chi connectivity index (χ2v) is 8.07. The lowest BCUT2D eigenvalue weighted by Crippen LogP contribution is -2.13. The molecule has 0 spiro atoms. The SMILES string of the molecule is COc1ccccc1-c1c(C(N)=O)ccnc1-c1nc2ncc(-c3ccc(C#N)nc3)nc2s1. The number of nitrogens with two attached hydrogens (primary N) is 1. The molecule has 34 heavy (non-hydrogen) atoms. The molecular formula is C24H15N7O2S. The summed E-state index contributed by atoms with van der Waals surface area (Å²) in [5.41, 5.74) is 9.78. The van der Waals surface area contributed by atoms with E-state index in [0.717, 1.165) is 5.56 Å². The number of nitrogens with zero attached hydrogens (tertiary/aromatic N) is 6. The van der Waals surface area contributed by atoms with Crippen molar-refractivity contribution in [1.82, 2.24) is 24.9 Å². The van der Waals surface area contributed by atoms with Crippen molar-refractivity contribution in [3.63, 3.8) is 0 Å². The molecule has 5 aromatic rings. The molecule has 4 heterocycles. The third kappa shape index (κ3) is 3.70. The maximum atomic E-state index is 12.3. The Labute approximate surface area is 197 Å². The average Bonchev–Trinajstić information content (AvgIpc) is 3.31. The van der Waals surface area contributed by atoms with Crippen molar-refractivity contribution < 1.29 is 9.53 Å². The third-order valence-electron chi connectivity index (χ3n) is 5.09. The number of thiazole rings is 1. The number of nitriles is 1. The highest BCUT2D eigenvalue weighted by Crippen LogP contribution is 2.40. The topological polar surface area (TPSA) is 141 Å². The van der Waals surface area contributed by atoms with Gasteiger partial charge in [-0.05, 0) is 24.3 Å². The number of carbonyl (C=O) groups is 1. The van der Waals surface area contributed by atoms with E-state index in [0.29, 0.717) is 55.0 Å². The molecule has 0 aliphatic rings. The number of fused-ring (bicyclic) bond motifs is 1. The number of rotatable bonds is 5. The van der Waals surface area contributed by atoms with Crippen molar-refractivity contribution in [3.8, 4) is 44.9 Å². The van der Waals surface area contributed by atoms with E-state index in [4.69, 9.17) is 15.7 Å². The molecule has 4 aromatic heterocycles. The van der Waals surface area contributed by atoms with Crippen LogP contribution in [0.25, 0.3) is 43.6 Å². The number of primary amides is 1. The maximum absolute atomic E-state index is 12.3. The summed E-state index contributed by atoms with van der Waals surface area (Å²) in [5.74, 6) is -0.00951. The molecule has 10 heteroatoms. The summed E-state index contributed by atoms with van der Waals surface area (Å²) in [6, 6.07) is 14.3. The van der Waals surface area contributed by atoms with E-state index in [1.54, 1.807) is 43.8 Å². The van der Waals surface area contributed by atoms with E-state index < -0.39 is 5.91 Å². The molecule has 0 atom stereocenters. The monoisotopic (exact) mass is 465 g/mol. The van der Waals surface area contributed by atoms with Crippen LogP contribution in [0.5, 0.6) is 5.75 Å². The van der Waals surface area contributed by atoms with Crippen molar-refractivity contribution in [2.24, 2.45) is 5.73 Å². The van der Waals surface area contributed by atoms with Crippen LogP contribution in [-0.4, -0.2) is 37.9 Å². The molecule has 0 aliphatic heterocycles. The fraction of sp³-hybridized carbons (Fsp3) is 0.0417. The van der Waals surface area contributed by atoms with Gasteiger partial charge in [0.05, 0.1) is 24.6 Å². The molecular weight excluding hydrogens is 450 g/mol. The molecule has 5 rings (SSSR count). The van der Waals surface area contributed by atoms with E-state index in [2.05, 4.69) is 24.9 Å². The number of amides is 1. The summed E-state index contributed by atoms with van der Waals surface area (Å²) >= 11 is 1.30. The quantitative estimate of drug-likeness (QED) is 0.412. The van der Waals surface area contributed by atoms with E-state index in [1.807, 2.05) is 24.3 Å². The molecule has 0 unspecified atom stereocenters. The van der Waals surface area contributed by atoms with Gasteiger partial charge in [0, 0.05) is 29.1 Å². The van der Waals surface area contributed by atoms with E-state index >= 15 is 0 Å². The lowest BCUT2D eigenvalue weighted by molar-refractivity contribution is 0.100. The minimum absolute atomic E-state index is 0.305. The first-order chi connectivity index (χ1) is 16.6. The Morgan fingerprint density at radius 2 is 1.91 bits per heavy atom. The van der Waals surface area contributed by atoms with E-state index in [1.165, 1.54) is 17.5 Å². The molecule has 0 fully saturated rings. The number of hydrogen-bond donors (Lipinski definition) is 1. The van der Waals surface area contributed by atoms with Crippen LogP contribution in [0.15, 0.2) is 61.1 Å². The Bertz CT molecular complexity index is 1590. The largest absolute Gasteiger partial charge is 0.496 e. The third-order valence-corrected chi connectivity index (χ3v) is 6.04. The number of para-hydroxylation sites is 1. The molecule has 0 aliphatic carbocycles. The lowest BCUT2D eigenvalue weighted by Gasteiger charge is -2.14. The van der Waals surface area contributed by atoms with Crippen LogP contribution < -0.4 is 10.5 Å². The number of ether oxygens (including phenoxy) is 1. The van der Waals surface area contributed by atoms with Crippen LogP contribution in [0.4, 0.5) is 0 Å². The minimum atomic E-state index is -0.586. The zero-order valence-electron chi connectivity index (χ0n) is 17.8. The van der Waals surface area contributed by atoms with Crippen LogP contribution in [0, 0.1) is 11.3 Å². The van der Waals surface area contributed by atoms with E-state index in [9.17, 15) is 4.79 Å². The Hall–Kier alpha value is -4.75. The molecule has 0 saturated heterocycles. The number of hydrogen-bond acceptors (Lipinski definition) is 9. The van der Waals surface area contributed by atoms with Gasteiger partial charge in [0.15, 0.2) is 10.5 Å². The van der Waals surface area contributed by atoms with Crippen LogP contribution in [-0.2, 0) is 0 Å². The number of methoxy groups -OCH3 is 1. The van der Waals surface area contributed by atoms with Crippen molar-refractivity contribution in [1.29, 1.82) is 5.26 Å². The number of carbonyl (C=O) groups excluding carboxylic acids is 1. The predicted octanol–water partition coefficient (Wildman–Crippen LogP) is 3.86. The zero-order valence-corrected chi connectivity index (χ0v) is 18.6. The van der Waals surface area contributed by atoms with Gasteiger partial charge in [0.1, 0.15) is 28.2 Å². The van der Waals surface area contributed by atoms with Gasteiger partial charge in [-0.3, -0.25) is 9.78 Å². The molecule has 164 valence electrons. The minimum Gasteiger partial charge on any atom is -0.496 e. The lowest BCUT2D eigenvalue weighted by atomic mass is 9.97. The van der Waals surface area contributed by atoms with Crippen molar-refractivity contribution in [3.05, 3.63) is 72.3 Å². The smallest absolute Gasteiger partial charge is 0.249 e. The van der Waals surface area contributed by atoms with Gasteiger partial charge in [-0.15, -0.1) is 0 Å². The fourth-order valence-corrected chi connectivity index (χ4v) is 4.43. The first kappa shape index (κ1) is 21.1. The van der Waals surface area contributed by atoms with Crippen LogP contribution in [0.1, 0.15) is 16.1 Å². The molecule has 0 bridgehead atoms. The van der Waals surface area contributed by atoms with Gasteiger partial charge in [-0.2, -0.15) is 5.26 Å². The summed E-state index contributed by atoms with van der Waals surface area (Å²) in [6.07, 6.45) is 4.70. The summed E-state index contributed by atoms with van der Waals surface area (Å²) < 4.78 is 5.52. The van der Waals surface area contributed by atoms with Gasteiger partial charge in [0.25, 0.3) is 0 Å². The highest BCUT2D eigenvalue weighted by Gasteiger charge is 2.22. The van der Waals surface area contributed by atoms with Gasteiger partial charge in [-0.25, -0.2) is 19.9 Å². The second kappa shape index (κ2) is 8.65. The van der Waals surface area contributed by atoms with Crippen molar-refractivity contribution in [2.75, 3.05) is 7.11 Å². The van der Waals surface area contributed by atoms with Gasteiger partial charge in [0.2, 0.25) is 5.91 Å². The summed E-state index contributed by atoms with van der Waals surface area (Å²) in [7, 11) is 1.56. The molecule has 1 aromatic carbocycles. The molecule has 0 radical (unpaired) electrons. The first-order valence-electron chi connectivity index (χ1n) is 10.0. The van der Waals surface area contributed by atoms with Crippen molar-refractivity contribution in [2.45, 2.75) is 0 Å². The highest BCUT2D eigenvalue weighted by atomic mass is 32.1. The number of benzene rings is 1. The highest BCUT2D eigenvalue weighted by molar-refractivity contribution is 7.21. The summed E-state index contributed by atoms with van der Waals surface area (Å²) in [4.78, 5) is 35.2. The van der Waals surface area contributed by atoms with Gasteiger partial charge < -0.3 is 10.5 Å². The van der Waals surface area contributed by atoms with Crippen LogP contribution >= 0.6 is 11.3 Å². The van der Waals surface area contributed by atoms with Gasteiger partial charge in [-0.1, -0.05) is 29.5 Å². The van der Waals surface area contributed by atoms with Crippen molar-refractivity contribution >= 4 is 27.7 Å². The standard InChI is InChI=1S/C24H15N7O2S/c1-33-18-5-3-2-4-15(18)19-16(21(26)32)8-9-27-20(19)23-31-22-24(34-23)30-17(12-29-22)13-6-7-14(10-25)28-11-13/h2-9,11-12H,1H3,(H2,26,32). The number of aromatic nitrogens is 5. The predicted molar refractivity (Wildman–Crippen MR) is 127 cm³/mol. The van der Waals surface area contributed by atoms with E-state index in [-0.39, 0.29) is 0 Å². The Morgan fingerprint density at radius 1 is 1.06 bits per heavy atom.